The fraction of sp³-hybridized carbons (Fsp3) is 0.909. The molecule has 1 N–H and O–H groups in total. The van der Waals surface area contributed by atoms with E-state index in [0.29, 0.717) is 6.61 Å². The van der Waals surface area contributed by atoms with Crippen LogP contribution in [0.15, 0.2) is 0 Å². The summed E-state index contributed by atoms with van der Waals surface area (Å²) in [6.07, 6.45) is 0.889. The molecule has 4 nitrogen and oxygen atoms in total. The number of likely N-dealkylation sites (tertiary alicyclic amines) is 1. The van der Waals surface area contributed by atoms with Crippen LogP contribution in [0.1, 0.15) is 12.8 Å². The molecule has 0 saturated carbocycles. The fourth-order valence-electron chi connectivity index (χ4n) is 2.34. The number of alkyl halides is 1. The summed E-state index contributed by atoms with van der Waals surface area (Å²) < 4.78 is 18.2. The Morgan fingerprint density at radius 1 is 1.50 bits per heavy atom. The maximum absolute atomic E-state index is 13.2. The summed E-state index contributed by atoms with van der Waals surface area (Å²) in [6, 6.07) is -0.445. The highest BCUT2D eigenvalue weighted by molar-refractivity contribution is 5.79. The molecule has 2 heterocycles. The maximum atomic E-state index is 13.2. The highest BCUT2D eigenvalue weighted by atomic mass is 19.1. The van der Waals surface area contributed by atoms with Crippen molar-refractivity contribution in [3.63, 3.8) is 0 Å². The quantitative estimate of drug-likeness (QED) is 0.736. The second-order valence-electron chi connectivity index (χ2n) is 4.77. The number of nitrogens with zero attached hydrogens (tertiary/aromatic N) is 1. The van der Waals surface area contributed by atoms with Crippen molar-refractivity contribution in [1.82, 2.24) is 10.2 Å². The number of ether oxygens (including phenoxy) is 1. The summed E-state index contributed by atoms with van der Waals surface area (Å²) in [4.78, 5) is 14.0. The van der Waals surface area contributed by atoms with E-state index in [9.17, 15) is 9.18 Å². The van der Waals surface area contributed by atoms with Gasteiger partial charge in [-0.1, -0.05) is 0 Å². The molecule has 0 aromatic heterocycles. The fourth-order valence-corrected chi connectivity index (χ4v) is 2.34. The SMILES string of the molecule is CN1CCCC(C(=O)NC2COCC2F)C1. The van der Waals surface area contributed by atoms with E-state index in [0.717, 1.165) is 25.9 Å². The zero-order valence-electron chi connectivity index (χ0n) is 9.62. The van der Waals surface area contributed by atoms with E-state index in [4.69, 9.17) is 4.74 Å². The largest absolute Gasteiger partial charge is 0.376 e. The van der Waals surface area contributed by atoms with Crippen LogP contribution in [0.4, 0.5) is 4.39 Å². The first-order valence-electron chi connectivity index (χ1n) is 5.87. The third-order valence-corrected chi connectivity index (χ3v) is 3.33. The van der Waals surface area contributed by atoms with Crippen molar-refractivity contribution in [2.24, 2.45) is 5.92 Å². The van der Waals surface area contributed by atoms with Crippen LogP contribution in [0, 0.1) is 5.92 Å². The van der Waals surface area contributed by atoms with Crippen LogP contribution in [-0.2, 0) is 9.53 Å². The molecule has 2 rings (SSSR count). The van der Waals surface area contributed by atoms with Gasteiger partial charge in [0, 0.05) is 6.54 Å². The molecule has 0 aliphatic carbocycles. The first kappa shape index (κ1) is 11.8. The molecule has 2 aliphatic rings. The Balaban J connectivity index is 1.82. The van der Waals surface area contributed by atoms with Crippen LogP contribution in [0.2, 0.25) is 0 Å². The van der Waals surface area contributed by atoms with E-state index in [2.05, 4.69) is 10.2 Å². The van der Waals surface area contributed by atoms with Gasteiger partial charge in [0.25, 0.3) is 0 Å². The first-order chi connectivity index (χ1) is 7.66. The predicted octanol–water partition coefficient (Wildman–Crippen LogP) is 0.181. The van der Waals surface area contributed by atoms with Crippen molar-refractivity contribution in [3.05, 3.63) is 0 Å². The number of halogens is 1. The molecule has 0 aromatic rings. The first-order valence-corrected chi connectivity index (χ1v) is 5.87. The van der Waals surface area contributed by atoms with Crippen LogP contribution >= 0.6 is 0 Å². The molecule has 0 bridgehead atoms. The number of piperidine rings is 1. The van der Waals surface area contributed by atoms with Gasteiger partial charge in [-0.05, 0) is 26.4 Å². The van der Waals surface area contributed by atoms with E-state index in [1.165, 1.54) is 0 Å². The molecule has 0 spiro atoms. The van der Waals surface area contributed by atoms with Crippen LogP contribution in [-0.4, -0.2) is 56.4 Å². The molecule has 0 radical (unpaired) electrons. The van der Waals surface area contributed by atoms with Crippen molar-refractivity contribution in [1.29, 1.82) is 0 Å². The van der Waals surface area contributed by atoms with Crippen molar-refractivity contribution in [2.75, 3.05) is 33.4 Å². The number of hydrogen-bond donors (Lipinski definition) is 1. The number of carbonyl (C=O) groups is 1. The summed E-state index contributed by atoms with van der Waals surface area (Å²) in [5.41, 5.74) is 0. The van der Waals surface area contributed by atoms with Gasteiger partial charge < -0.3 is 15.0 Å². The minimum atomic E-state index is -1.05. The van der Waals surface area contributed by atoms with Gasteiger partial charge in [-0.3, -0.25) is 4.79 Å². The molecule has 92 valence electrons. The summed E-state index contributed by atoms with van der Waals surface area (Å²) in [5.74, 6) is -0.0174. The van der Waals surface area contributed by atoms with E-state index in [-0.39, 0.29) is 18.4 Å². The lowest BCUT2D eigenvalue weighted by Crippen LogP contribution is -2.47. The molecule has 3 unspecified atom stereocenters. The van der Waals surface area contributed by atoms with Crippen molar-refractivity contribution < 1.29 is 13.9 Å². The van der Waals surface area contributed by atoms with Gasteiger partial charge in [0.1, 0.15) is 6.17 Å². The van der Waals surface area contributed by atoms with E-state index in [1.54, 1.807) is 0 Å². The average Bonchev–Trinajstić information content (AvgIpc) is 2.64. The number of rotatable bonds is 2. The zero-order chi connectivity index (χ0) is 11.5. The molecule has 5 heteroatoms. The molecule has 16 heavy (non-hydrogen) atoms. The number of nitrogens with one attached hydrogen (secondary N) is 1. The summed E-state index contributed by atoms with van der Waals surface area (Å²) in [5, 5.41) is 2.75. The summed E-state index contributed by atoms with van der Waals surface area (Å²) in [7, 11) is 2.01. The van der Waals surface area contributed by atoms with Gasteiger partial charge in [0.2, 0.25) is 5.91 Å². The van der Waals surface area contributed by atoms with Gasteiger partial charge in [0.15, 0.2) is 0 Å². The second kappa shape index (κ2) is 5.10. The summed E-state index contributed by atoms with van der Waals surface area (Å²) >= 11 is 0. The summed E-state index contributed by atoms with van der Waals surface area (Å²) in [6.45, 7) is 2.23. The molecule has 3 atom stereocenters. The third kappa shape index (κ3) is 2.71. The normalized spacial score (nSPS) is 36.2. The van der Waals surface area contributed by atoms with E-state index < -0.39 is 12.2 Å². The molecule has 1 amide bonds. The van der Waals surface area contributed by atoms with Crippen LogP contribution < -0.4 is 5.32 Å². The van der Waals surface area contributed by atoms with Crippen molar-refractivity contribution in [2.45, 2.75) is 25.1 Å². The number of amides is 1. The van der Waals surface area contributed by atoms with Crippen LogP contribution in [0.3, 0.4) is 0 Å². The van der Waals surface area contributed by atoms with Gasteiger partial charge >= 0.3 is 0 Å². The molecule has 2 aliphatic heterocycles. The number of hydrogen-bond acceptors (Lipinski definition) is 3. The third-order valence-electron chi connectivity index (χ3n) is 3.33. The van der Waals surface area contributed by atoms with Gasteiger partial charge in [-0.15, -0.1) is 0 Å². The Morgan fingerprint density at radius 2 is 2.31 bits per heavy atom. The molecule has 2 saturated heterocycles. The highest BCUT2D eigenvalue weighted by Crippen LogP contribution is 2.16. The molecule has 2 fully saturated rings. The van der Waals surface area contributed by atoms with Gasteiger partial charge in [-0.25, -0.2) is 4.39 Å². The number of carbonyl (C=O) groups excluding carboxylic acids is 1. The minimum Gasteiger partial charge on any atom is -0.376 e. The van der Waals surface area contributed by atoms with E-state index in [1.807, 2.05) is 7.05 Å². The Kier molecular flexibility index (Phi) is 3.76. The Labute approximate surface area is 95.1 Å². The lowest BCUT2D eigenvalue weighted by atomic mass is 9.97. The smallest absolute Gasteiger partial charge is 0.224 e. The Bertz CT molecular complexity index is 262. The predicted molar refractivity (Wildman–Crippen MR) is 57.9 cm³/mol. The lowest BCUT2D eigenvalue weighted by Gasteiger charge is -2.29. The maximum Gasteiger partial charge on any atom is 0.224 e. The zero-order valence-corrected chi connectivity index (χ0v) is 9.62. The molecular weight excluding hydrogens is 211 g/mol. The van der Waals surface area contributed by atoms with Gasteiger partial charge in [0.05, 0.1) is 25.2 Å². The highest BCUT2D eigenvalue weighted by Gasteiger charge is 2.32. The van der Waals surface area contributed by atoms with Crippen molar-refractivity contribution in [3.8, 4) is 0 Å². The molecular formula is C11H19FN2O2. The minimum absolute atomic E-state index is 0.00606. The van der Waals surface area contributed by atoms with Crippen LogP contribution in [0.25, 0.3) is 0 Å². The average molecular weight is 230 g/mol. The van der Waals surface area contributed by atoms with E-state index >= 15 is 0 Å². The monoisotopic (exact) mass is 230 g/mol. The Morgan fingerprint density at radius 3 is 2.94 bits per heavy atom. The lowest BCUT2D eigenvalue weighted by molar-refractivity contribution is -0.127. The molecule has 0 aromatic carbocycles. The Hall–Kier alpha value is -0.680. The standard InChI is InChI=1S/C11H19FN2O2/c1-14-4-2-3-8(5-14)11(15)13-10-7-16-6-9(10)12/h8-10H,2-7H2,1H3,(H,13,15). The topological polar surface area (TPSA) is 41.6 Å². The van der Waals surface area contributed by atoms with Crippen LogP contribution in [0.5, 0.6) is 0 Å². The second-order valence-corrected chi connectivity index (χ2v) is 4.77. The van der Waals surface area contributed by atoms with Crippen molar-refractivity contribution >= 4 is 5.91 Å². The van der Waals surface area contributed by atoms with Gasteiger partial charge in [-0.2, -0.15) is 0 Å².